The van der Waals surface area contributed by atoms with Gasteiger partial charge in [0.15, 0.2) is 0 Å². The number of aliphatic hydroxyl groups is 1. The topological polar surface area (TPSA) is 29.5 Å². The van der Waals surface area contributed by atoms with Crippen molar-refractivity contribution in [2.75, 3.05) is 13.2 Å². The summed E-state index contributed by atoms with van der Waals surface area (Å²) in [4.78, 5) is 0. The van der Waals surface area contributed by atoms with Crippen LogP contribution in [0.25, 0.3) is 0 Å². The third kappa shape index (κ3) is 6.16. The van der Waals surface area contributed by atoms with Crippen LogP contribution in [-0.2, 0) is 4.74 Å². The van der Waals surface area contributed by atoms with Gasteiger partial charge in [0.25, 0.3) is 0 Å². The van der Waals surface area contributed by atoms with Crippen molar-refractivity contribution >= 4 is 18.5 Å². The fraction of sp³-hybridized carbons (Fsp3) is 0.556. The number of aliphatic hydroxyl groups excluding tert-OH is 1. The lowest BCUT2D eigenvalue weighted by Gasteiger charge is -2.36. The van der Waals surface area contributed by atoms with E-state index in [1.807, 2.05) is 0 Å². The molecule has 0 bridgehead atoms. The molecule has 0 radical (unpaired) electrons. The second kappa shape index (κ2) is 12.6. The molecule has 30 heavy (non-hydrogen) atoms. The molecular formula is C27H39O2P. The van der Waals surface area contributed by atoms with E-state index in [0.717, 1.165) is 5.92 Å². The summed E-state index contributed by atoms with van der Waals surface area (Å²) in [6, 6.07) is 22.4. The highest BCUT2D eigenvalue weighted by molar-refractivity contribution is 7.73. The van der Waals surface area contributed by atoms with Gasteiger partial charge in [-0.25, -0.2) is 0 Å². The van der Waals surface area contributed by atoms with E-state index in [-0.39, 0.29) is 12.7 Å². The average Bonchev–Trinajstić information content (AvgIpc) is 3.20. The van der Waals surface area contributed by atoms with Crippen molar-refractivity contribution in [1.29, 1.82) is 0 Å². The van der Waals surface area contributed by atoms with Gasteiger partial charge in [0, 0.05) is 0 Å². The molecule has 3 heteroatoms. The fourth-order valence-electron chi connectivity index (χ4n) is 5.19. The highest BCUT2D eigenvalue weighted by atomic mass is 31.1. The summed E-state index contributed by atoms with van der Waals surface area (Å²) in [6.07, 6.45) is 9.44. The van der Waals surface area contributed by atoms with Crippen molar-refractivity contribution in [1.82, 2.24) is 0 Å². The largest absolute Gasteiger partial charge is 0.394 e. The Hall–Kier alpha value is -1.21. The minimum absolute atomic E-state index is 0.105. The zero-order valence-electron chi connectivity index (χ0n) is 18.7. The van der Waals surface area contributed by atoms with Crippen LogP contribution in [0.3, 0.4) is 0 Å². The third-order valence-electron chi connectivity index (χ3n) is 6.66. The average molecular weight is 427 g/mol. The lowest BCUT2D eigenvalue weighted by molar-refractivity contribution is 0.00741. The standard InChI is InChI=1S/C27H39O2P/c1-3-4-5-8-13-23-18-19-26(22(2)29-21-20-28)27(23)30(24-14-9-6-10-15-24)25-16-11-7-12-17-25/h6-7,9-12,14-17,22-23,26-28H,3-5,8,13,18-21H2,1-2H3/t22?,23?,26?,27-/m0/s1. The summed E-state index contributed by atoms with van der Waals surface area (Å²) in [6.45, 7) is 5.07. The van der Waals surface area contributed by atoms with Crippen molar-refractivity contribution in [3.8, 4) is 0 Å². The second-order valence-electron chi connectivity index (χ2n) is 8.68. The number of hydrogen-bond acceptors (Lipinski definition) is 2. The van der Waals surface area contributed by atoms with Crippen LogP contribution in [0.15, 0.2) is 60.7 Å². The lowest BCUT2D eigenvalue weighted by Crippen LogP contribution is -2.35. The summed E-state index contributed by atoms with van der Waals surface area (Å²) in [7, 11) is -0.445. The predicted octanol–water partition coefficient (Wildman–Crippen LogP) is 5.88. The summed E-state index contributed by atoms with van der Waals surface area (Å²) < 4.78 is 6.08. The summed E-state index contributed by atoms with van der Waals surface area (Å²) in [5.41, 5.74) is 0.639. The first-order valence-electron chi connectivity index (χ1n) is 11.9. The Morgan fingerprint density at radius 3 is 2.13 bits per heavy atom. The molecule has 0 heterocycles. The molecule has 1 fully saturated rings. The van der Waals surface area contributed by atoms with Crippen molar-refractivity contribution < 1.29 is 9.84 Å². The van der Waals surface area contributed by atoms with E-state index in [1.165, 1.54) is 55.6 Å². The van der Waals surface area contributed by atoms with Gasteiger partial charge in [0.2, 0.25) is 0 Å². The number of ether oxygens (including phenoxy) is 1. The Kier molecular flexibility index (Phi) is 9.85. The maximum Gasteiger partial charge on any atom is 0.0701 e. The molecule has 1 saturated carbocycles. The molecule has 1 N–H and O–H groups in total. The molecule has 0 amide bonds. The van der Waals surface area contributed by atoms with Gasteiger partial charge in [0.05, 0.1) is 19.3 Å². The molecule has 2 aromatic rings. The van der Waals surface area contributed by atoms with Crippen molar-refractivity contribution in [3.05, 3.63) is 60.7 Å². The molecule has 164 valence electrons. The van der Waals surface area contributed by atoms with E-state index in [4.69, 9.17) is 4.74 Å². The molecule has 3 rings (SSSR count). The molecule has 0 saturated heterocycles. The van der Waals surface area contributed by atoms with E-state index < -0.39 is 7.92 Å². The zero-order chi connectivity index (χ0) is 21.2. The Morgan fingerprint density at radius 2 is 1.57 bits per heavy atom. The maximum atomic E-state index is 9.29. The second-order valence-corrected chi connectivity index (χ2v) is 11.1. The monoisotopic (exact) mass is 426 g/mol. The smallest absolute Gasteiger partial charge is 0.0701 e. The van der Waals surface area contributed by atoms with Crippen LogP contribution in [0.1, 0.15) is 58.8 Å². The quantitative estimate of drug-likeness (QED) is 0.339. The molecule has 2 nitrogen and oxygen atoms in total. The Balaban J connectivity index is 1.92. The minimum atomic E-state index is -0.445. The van der Waals surface area contributed by atoms with Crippen LogP contribution in [0.2, 0.25) is 0 Å². The van der Waals surface area contributed by atoms with Gasteiger partial charge in [-0.3, -0.25) is 0 Å². The Morgan fingerprint density at radius 1 is 0.933 bits per heavy atom. The number of hydrogen-bond donors (Lipinski definition) is 1. The maximum absolute atomic E-state index is 9.29. The van der Waals surface area contributed by atoms with Crippen LogP contribution in [-0.4, -0.2) is 30.1 Å². The molecule has 3 unspecified atom stereocenters. The fourth-order valence-corrected chi connectivity index (χ4v) is 8.66. The van der Waals surface area contributed by atoms with Crippen molar-refractivity contribution in [2.45, 2.75) is 70.6 Å². The van der Waals surface area contributed by atoms with Gasteiger partial charge in [-0.2, -0.15) is 0 Å². The van der Waals surface area contributed by atoms with Gasteiger partial charge >= 0.3 is 0 Å². The van der Waals surface area contributed by atoms with Gasteiger partial charge in [-0.15, -0.1) is 0 Å². The molecule has 0 aliphatic heterocycles. The predicted molar refractivity (Wildman–Crippen MR) is 130 cm³/mol. The van der Waals surface area contributed by atoms with Gasteiger partial charge in [-0.1, -0.05) is 93.3 Å². The van der Waals surface area contributed by atoms with Crippen LogP contribution >= 0.6 is 7.92 Å². The van der Waals surface area contributed by atoms with Crippen LogP contribution in [0.5, 0.6) is 0 Å². The third-order valence-corrected chi connectivity index (χ3v) is 9.77. The van der Waals surface area contributed by atoms with Crippen molar-refractivity contribution in [2.24, 2.45) is 11.8 Å². The van der Waals surface area contributed by atoms with E-state index >= 15 is 0 Å². The zero-order valence-corrected chi connectivity index (χ0v) is 19.6. The summed E-state index contributed by atoms with van der Waals surface area (Å²) >= 11 is 0. The van der Waals surface area contributed by atoms with Crippen LogP contribution in [0, 0.1) is 11.8 Å². The lowest BCUT2D eigenvalue weighted by atomic mass is 9.95. The highest BCUT2D eigenvalue weighted by Gasteiger charge is 2.44. The van der Waals surface area contributed by atoms with Gasteiger partial charge in [0.1, 0.15) is 0 Å². The summed E-state index contributed by atoms with van der Waals surface area (Å²) in [5.74, 6) is 1.32. The first-order valence-corrected chi connectivity index (χ1v) is 13.3. The molecular weight excluding hydrogens is 387 g/mol. The number of unbranched alkanes of at least 4 members (excludes halogenated alkanes) is 3. The molecule has 1 aliphatic rings. The normalized spacial score (nSPS) is 22.5. The molecule has 1 aliphatic carbocycles. The number of benzene rings is 2. The molecule has 0 aromatic heterocycles. The molecule has 0 spiro atoms. The molecule has 4 atom stereocenters. The van der Waals surface area contributed by atoms with Gasteiger partial charge < -0.3 is 9.84 Å². The first-order chi connectivity index (χ1) is 14.8. The highest BCUT2D eigenvalue weighted by Crippen LogP contribution is 2.55. The summed E-state index contributed by atoms with van der Waals surface area (Å²) in [5, 5.41) is 12.3. The SMILES string of the molecule is CCCCCCC1CCC(C(C)OCCO)[C@H]1P(c1ccccc1)c1ccccc1. The minimum Gasteiger partial charge on any atom is -0.394 e. The Bertz CT molecular complexity index is 666. The van der Waals surface area contributed by atoms with Gasteiger partial charge in [-0.05, 0) is 62.2 Å². The van der Waals surface area contributed by atoms with E-state index in [9.17, 15) is 5.11 Å². The van der Waals surface area contributed by atoms with Crippen LogP contribution < -0.4 is 10.6 Å². The molecule has 2 aromatic carbocycles. The Labute approximate surface area is 184 Å². The van der Waals surface area contributed by atoms with E-state index in [1.54, 1.807) is 0 Å². The first kappa shape index (κ1) is 23.5. The van der Waals surface area contributed by atoms with E-state index in [2.05, 4.69) is 74.5 Å². The van der Waals surface area contributed by atoms with Crippen LogP contribution in [0.4, 0.5) is 0 Å². The van der Waals surface area contributed by atoms with Crippen molar-refractivity contribution in [3.63, 3.8) is 0 Å². The van der Waals surface area contributed by atoms with E-state index in [0.29, 0.717) is 18.2 Å². The number of rotatable bonds is 12.